The molecule has 0 aromatic rings. The minimum absolute atomic E-state index is 0.325. The quantitative estimate of drug-likeness (QED) is 0.624. The summed E-state index contributed by atoms with van der Waals surface area (Å²) < 4.78 is 0. The molecular formula is C8H16NO. The molecule has 1 aliphatic heterocycles. The van der Waals surface area contributed by atoms with Crippen LogP contribution < -0.4 is 5.32 Å². The smallest absolute Gasteiger partial charge is 0.0431 e. The monoisotopic (exact) mass is 142 g/mol. The fourth-order valence-corrected chi connectivity index (χ4v) is 1.42. The number of piperidine rings is 1. The molecule has 1 saturated heterocycles. The van der Waals surface area contributed by atoms with E-state index in [-0.39, 0.29) is 0 Å². The molecule has 0 aromatic carbocycles. The maximum atomic E-state index is 8.56. The van der Waals surface area contributed by atoms with E-state index in [1.165, 1.54) is 19.3 Å². The molecule has 0 saturated carbocycles. The molecule has 0 bridgehead atoms. The third-order valence-corrected chi connectivity index (χ3v) is 2.03. The molecule has 0 spiro atoms. The average molecular weight is 142 g/mol. The zero-order valence-corrected chi connectivity index (χ0v) is 6.42. The molecule has 1 radical (unpaired) electrons. The molecule has 1 heterocycles. The summed E-state index contributed by atoms with van der Waals surface area (Å²) in [7, 11) is 0. The van der Waals surface area contributed by atoms with E-state index in [2.05, 4.69) is 5.32 Å². The lowest BCUT2D eigenvalue weighted by Crippen LogP contribution is -2.27. The highest BCUT2D eigenvalue weighted by Gasteiger charge is 2.12. The number of rotatable bonds is 3. The number of aliphatic hydroxyl groups excluding tert-OH is 1. The van der Waals surface area contributed by atoms with Gasteiger partial charge >= 0.3 is 0 Å². The summed E-state index contributed by atoms with van der Waals surface area (Å²) in [5.74, 6) is 0. The van der Waals surface area contributed by atoms with Crippen LogP contribution in [0.25, 0.3) is 0 Å². The van der Waals surface area contributed by atoms with Gasteiger partial charge in [-0.2, -0.15) is 0 Å². The summed E-state index contributed by atoms with van der Waals surface area (Å²) >= 11 is 0. The Morgan fingerprint density at radius 3 is 2.90 bits per heavy atom. The van der Waals surface area contributed by atoms with Crippen molar-refractivity contribution in [2.45, 2.75) is 38.1 Å². The first-order valence-corrected chi connectivity index (χ1v) is 4.21. The Morgan fingerprint density at radius 1 is 1.40 bits per heavy atom. The van der Waals surface area contributed by atoms with Gasteiger partial charge in [0.2, 0.25) is 0 Å². The molecule has 0 aromatic heterocycles. The predicted molar refractivity (Wildman–Crippen MR) is 41.0 cm³/mol. The van der Waals surface area contributed by atoms with Gasteiger partial charge < -0.3 is 5.11 Å². The second-order valence-electron chi connectivity index (χ2n) is 2.92. The van der Waals surface area contributed by atoms with Gasteiger partial charge in [-0.25, -0.2) is 5.32 Å². The number of aliphatic hydroxyl groups is 1. The first-order valence-electron chi connectivity index (χ1n) is 4.21. The van der Waals surface area contributed by atoms with Crippen LogP contribution in [0.3, 0.4) is 0 Å². The second kappa shape index (κ2) is 4.69. The van der Waals surface area contributed by atoms with Crippen molar-refractivity contribution in [2.24, 2.45) is 0 Å². The molecule has 1 fully saturated rings. The van der Waals surface area contributed by atoms with Crippen molar-refractivity contribution in [1.29, 1.82) is 0 Å². The number of hydrogen-bond acceptors (Lipinski definition) is 1. The van der Waals surface area contributed by atoms with Gasteiger partial charge in [0.1, 0.15) is 0 Å². The topological polar surface area (TPSA) is 34.3 Å². The normalized spacial score (nSPS) is 26.7. The van der Waals surface area contributed by atoms with Gasteiger partial charge in [-0.1, -0.05) is 6.42 Å². The van der Waals surface area contributed by atoms with Gasteiger partial charge in [-0.3, -0.25) is 0 Å². The van der Waals surface area contributed by atoms with Gasteiger partial charge in [0.05, 0.1) is 0 Å². The molecule has 1 unspecified atom stereocenters. The predicted octanol–water partition coefficient (Wildman–Crippen LogP) is 0.916. The number of nitrogens with zero attached hydrogens (tertiary/aromatic N) is 1. The molecule has 1 rings (SSSR count). The highest BCUT2D eigenvalue weighted by atomic mass is 16.2. The second-order valence-corrected chi connectivity index (χ2v) is 2.92. The van der Waals surface area contributed by atoms with Crippen LogP contribution in [-0.2, 0) is 0 Å². The van der Waals surface area contributed by atoms with Crippen molar-refractivity contribution in [1.82, 2.24) is 5.32 Å². The van der Waals surface area contributed by atoms with Gasteiger partial charge in [-0.15, -0.1) is 0 Å². The van der Waals surface area contributed by atoms with E-state index in [0.29, 0.717) is 12.6 Å². The maximum Gasteiger partial charge on any atom is 0.0431 e. The Labute approximate surface area is 62.6 Å². The molecule has 1 atom stereocenters. The minimum Gasteiger partial charge on any atom is -0.396 e. The molecule has 0 amide bonds. The Bertz CT molecular complexity index is 79.3. The number of hydrogen-bond donors (Lipinski definition) is 1. The van der Waals surface area contributed by atoms with Crippen LogP contribution in [0.1, 0.15) is 32.1 Å². The Hall–Kier alpha value is -0.0800. The maximum absolute atomic E-state index is 8.56. The molecule has 0 aliphatic carbocycles. The van der Waals surface area contributed by atoms with E-state index in [1.807, 2.05) is 0 Å². The van der Waals surface area contributed by atoms with Crippen molar-refractivity contribution in [3.8, 4) is 0 Å². The van der Waals surface area contributed by atoms with Gasteiger partial charge in [0.15, 0.2) is 0 Å². The third-order valence-electron chi connectivity index (χ3n) is 2.03. The van der Waals surface area contributed by atoms with Crippen LogP contribution in [0.2, 0.25) is 0 Å². The highest BCUT2D eigenvalue weighted by molar-refractivity contribution is 4.70. The average Bonchev–Trinajstić information content (AvgIpc) is 2.03. The van der Waals surface area contributed by atoms with Crippen molar-refractivity contribution in [3.05, 3.63) is 0 Å². The fourth-order valence-electron chi connectivity index (χ4n) is 1.42. The van der Waals surface area contributed by atoms with Crippen molar-refractivity contribution >= 4 is 0 Å². The fraction of sp³-hybridized carbons (Fsp3) is 1.00. The third kappa shape index (κ3) is 2.67. The largest absolute Gasteiger partial charge is 0.396 e. The zero-order chi connectivity index (χ0) is 7.23. The van der Waals surface area contributed by atoms with Gasteiger partial charge in [0, 0.05) is 19.2 Å². The van der Waals surface area contributed by atoms with Gasteiger partial charge in [0.25, 0.3) is 0 Å². The van der Waals surface area contributed by atoms with Crippen molar-refractivity contribution < 1.29 is 5.11 Å². The first kappa shape index (κ1) is 8.02. The standard InChI is InChI=1S/C8H16NO/c10-7-3-5-8-4-1-2-6-9-8/h8,10H,1-7H2. The lowest BCUT2D eigenvalue weighted by Gasteiger charge is -2.20. The van der Waals surface area contributed by atoms with Gasteiger partial charge in [-0.05, 0) is 25.7 Å². The highest BCUT2D eigenvalue weighted by Crippen LogP contribution is 2.12. The molecule has 2 heteroatoms. The lowest BCUT2D eigenvalue weighted by molar-refractivity contribution is 0.265. The summed E-state index contributed by atoms with van der Waals surface area (Å²) in [6.07, 6.45) is 5.87. The molecule has 1 N–H and O–H groups in total. The zero-order valence-electron chi connectivity index (χ0n) is 6.42. The molecule has 2 nitrogen and oxygen atoms in total. The van der Waals surface area contributed by atoms with E-state index in [4.69, 9.17) is 5.11 Å². The molecule has 10 heavy (non-hydrogen) atoms. The first-order chi connectivity index (χ1) is 4.93. The van der Waals surface area contributed by atoms with E-state index < -0.39 is 0 Å². The van der Waals surface area contributed by atoms with Crippen LogP contribution in [0.15, 0.2) is 0 Å². The summed E-state index contributed by atoms with van der Waals surface area (Å²) in [6.45, 7) is 1.38. The molecular weight excluding hydrogens is 126 g/mol. The Morgan fingerprint density at radius 2 is 2.30 bits per heavy atom. The molecule has 59 valence electrons. The Balaban J connectivity index is 2.02. The van der Waals surface area contributed by atoms with Crippen LogP contribution >= 0.6 is 0 Å². The van der Waals surface area contributed by atoms with Crippen LogP contribution in [0.5, 0.6) is 0 Å². The van der Waals surface area contributed by atoms with E-state index >= 15 is 0 Å². The minimum atomic E-state index is 0.325. The van der Waals surface area contributed by atoms with Crippen molar-refractivity contribution in [2.75, 3.05) is 13.2 Å². The SMILES string of the molecule is OCCCC1CCCC[N]1. The Kier molecular flexibility index (Phi) is 3.76. The van der Waals surface area contributed by atoms with Crippen molar-refractivity contribution in [3.63, 3.8) is 0 Å². The summed E-state index contributed by atoms with van der Waals surface area (Å²) in [6, 6.07) is 0.570. The molecule has 1 aliphatic rings. The van der Waals surface area contributed by atoms with Crippen LogP contribution in [-0.4, -0.2) is 24.3 Å². The summed E-state index contributed by atoms with van der Waals surface area (Å²) in [4.78, 5) is 0. The van der Waals surface area contributed by atoms with E-state index in [1.54, 1.807) is 0 Å². The van der Waals surface area contributed by atoms with E-state index in [9.17, 15) is 0 Å². The van der Waals surface area contributed by atoms with E-state index in [0.717, 1.165) is 19.4 Å². The van der Waals surface area contributed by atoms with Crippen LogP contribution in [0.4, 0.5) is 0 Å². The summed E-state index contributed by atoms with van der Waals surface area (Å²) in [5.41, 5.74) is 0. The van der Waals surface area contributed by atoms with Crippen LogP contribution in [0, 0.1) is 0 Å². The summed E-state index contributed by atoms with van der Waals surface area (Å²) in [5, 5.41) is 13.0. The lowest BCUT2D eigenvalue weighted by atomic mass is 10.0.